The Balaban J connectivity index is 2.73. The molecule has 8 heteroatoms. The number of nitrogen functional groups attached to an aromatic ring is 1. The average molecular weight is 321 g/mol. The number of aromatic nitrogens is 1. The molecule has 0 aliphatic heterocycles. The van der Waals surface area contributed by atoms with Crippen molar-refractivity contribution in [3.63, 3.8) is 0 Å². The molecule has 0 radical (unpaired) electrons. The van der Waals surface area contributed by atoms with Crippen molar-refractivity contribution < 1.29 is 9.00 Å². The Morgan fingerprint density at radius 1 is 1.65 bits per heavy atom. The van der Waals surface area contributed by atoms with E-state index in [9.17, 15) is 9.00 Å². The number of anilines is 1. The Hall–Kier alpha value is -0.990. The SMILES string of the molecule is CS(=O)CCNC(=O)c1cc(Br)cnc1NN. The Labute approximate surface area is 110 Å². The van der Waals surface area contributed by atoms with Gasteiger partial charge in [-0.05, 0) is 22.0 Å². The molecule has 0 saturated heterocycles. The van der Waals surface area contributed by atoms with E-state index in [0.717, 1.165) is 0 Å². The van der Waals surface area contributed by atoms with Crippen LogP contribution in [-0.4, -0.2) is 33.7 Å². The van der Waals surface area contributed by atoms with E-state index in [4.69, 9.17) is 5.84 Å². The molecule has 0 saturated carbocycles. The molecular weight excluding hydrogens is 308 g/mol. The van der Waals surface area contributed by atoms with Crippen molar-refractivity contribution in [3.8, 4) is 0 Å². The zero-order valence-corrected chi connectivity index (χ0v) is 11.6. The molecule has 0 fully saturated rings. The number of hydrogen-bond donors (Lipinski definition) is 3. The molecule has 1 aromatic heterocycles. The van der Waals surface area contributed by atoms with E-state index in [1.807, 2.05) is 0 Å². The maximum absolute atomic E-state index is 11.8. The average Bonchev–Trinajstić information content (AvgIpc) is 2.28. The van der Waals surface area contributed by atoms with Crippen molar-refractivity contribution in [2.24, 2.45) is 5.84 Å². The molecule has 0 aliphatic carbocycles. The molecule has 0 spiro atoms. The highest BCUT2D eigenvalue weighted by atomic mass is 79.9. The fourth-order valence-corrected chi connectivity index (χ4v) is 1.85. The third kappa shape index (κ3) is 4.41. The van der Waals surface area contributed by atoms with Crippen molar-refractivity contribution in [1.29, 1.82) is 0 Å². The lowest BCUT2D eigenvalue weighted by Gasteiger charge is -2.08. The number of nitrogens with two attached hydrogens (primary N) is 1. The van der Waals surface area contributed by atoms with E-state index < -0.39 is 10.8 Å². The molecule has 1 atom stereocenters. The first-order chi connectivity index (χ1) is 8.04. The quantitative estimate of drug-likeness (QED) is 0.533. The first-order valence-corrected chi connectivity index (χ1v) is 7.27. The van der Waals surface area contributed by atoms with Gasteiger partial charge in [0.15, 0.2) is 5.82 Å². The highest BCUT2D eigenvalue weighted by Crippen LogP contribution is 2.16. The second-order valence-corrected chi connectivity index (χ2v) is 5.70. The monoisotopic (exact) mass is 320 g/mol. The number of hydrazine groups is 1. The molecule has 1 amide bonds. The Morgan fingerprint density at radius 2 is 2.35 bits per heavy atom. The summed E-state index contributed by atoms with van der Waals surface area (Å²) in [6.07, 6.45) is 3.12. The minimum Gasteiger partial charge on any atom is -0.351 e. The van der Waals surface area contributed by atoms with Gasteiger partial charge in [-0.2, -0.15) is 0 Å². The van der Waals surface area contributed by atoms with Crippen LogP contribution in [0.1, 0.15) is 10.4 Å². The summed E-state index contributed by atoms with van der Waals surface area (Å²) in [5.74, 6) is 5.66. The number of carbonyl (C=O) groups excluding carboxylic acids is 1. The molecule has 6 nitrogen and oxygen atoms in total. The molecule has 1 heterocycles. The van der Waals surface area contributed by atoms with Crippen molar-refractivity contribution >= 4 is 38.5 Å². The number of pyridine rings is 1. The minimum absolute atomic E-state index is 0.295. The number of nitrogens with zero attached hydrogens (tertiary/aromatic N) is 1. The fraction of sp³-hybridized carbons (Fsp3) is 0.333. The molecule has 94 valence electrons. The predicted molar refractivity (Wildman–Crippen MR) is 71.0 cm³/mol. The van der Waals surface area contributed by atoms with Crippen LogP contribution in [-0.2, 0) is 10.8 Å². The second kappa shape index (κ2) is 6.67. The van der Waals surface area contributed by atoms with Crippen LogP contribution < -0.4 is 16.6 Å². The van der Waals surface area contributed by atoms with Crippen LogP contribution in [0.2, 0.25) is 0 Å². The van der Waals surface area contributed by atoms with Gasteiger partial charge in [-0.3, -0.25) is 9.00 Å². The number of halogens is 1. The van der Waals surface area contributed by atoms with Gasteiger partial charge in [0, 0.05) is 40.0 Å². The van der Waals surface area contributed by atoms with E-state index in [1.165, 1.54) is 6.20 Å². The van der Waals surface area contributed by atoms with E-state index in [0.29, 0.717) is 28.2 Å². The summed E-state index contributed by atoms with van der Waals surface area (Å²) in [5.41, 5.74) is 2.69. The Bertz CT molecular complexity index is 441. The third-order valence-corrected chi connectivity index (χ3v) is 3.12. The van der Waals surface area contributed by atoms with E-state index in [-0.39, 0.29) is 5.91 Å². The first kappa shape index (κ1) is 14.1. The molecular formula is C9H13BrN4O2S. The standard InChI is InChI=1S/C9H13BrN4O2S/c1-17(16)3-2-12-9(15)7-4-6(10)5-13-8(7)14-11/h4-5H,2-3,11H2,1H3,(H,12,15)(H,13,14). The number of rotatable bonds is 5. The van der Waals surface area contributed by atoms with Gasteiger partial charge in [0.05, 0.1) is 5.56 Å². The number of hydrogen-bond acceptors (Lipinski definition) is 5. The highest BCUT2D eigenvalue weighted by molar-refractivity contribution is 9.10. The maximum Gasteiger partial charge on any atom is 0.255 e. The lowest BCUT2D eigenvalue weighted by molar-refractivity contribution is 0.0956. The lowest BCUT2D eigenvalue weighted by atomic mass is 10.2. The third-order valence-electron chi connectivity index (χ3n) is 1.91. The minimum atomic E-state index is -0.930. The molecule has 0 bridgehead atoms. The summed E-state index contributed by atoms with van der Waals surface area (Å²) in [7, 11) is -0.930. The van der Waals surface area contributed by atoms with Crippen LogP contribution >= 0.6 is 15.9 Å². The van der Waals surface area contributed by atoms with Gasteiger partial charge in [-0.25, -0.2) is 10.8 Å². The zero-order chi connectivity index (χ0) is 12.8. The predicted octanol–water partition coefficient (Wildman–Crippen LogP) is 0.238. The van der Waals surface area contributed by atoms with Crippen molar-refractivity contribution in [1.82, 2.24) is 10.3 Å². The number of carbonyl (C=O) groups is 1. The lowest BCUT2D eigenvalue weighted by Crippen LogP contribution is -2.29. The van der Waals surface area contributed by atoms with Crippen LogP contribution in [0.25, 0.3) is 0 Å². The molecule has 0 aliphatic rings. The second-order valence-electron chi connectivity index (χ2n) is 3.23. The van der Waals surface area contributed by atoms with Gasteiger partial charge in [0.2, 0.25) is 0 Å². The summed E-state index contributed by atoms with van der Waals surface area (Å²) >= 11 is 3.23. The molecule has 0 aromatic carbocycles. The van der Waals surface area contributed by atoms with Gasteiger partial charge >= 0.3 is 0 Å². The summed E-state index contributed by atoms with van der Waals surface area (Å²) in [5, 5.41) is 2.64. The molecule has 17 heavy (non-hydrogen) atoms. The smallest absolute Gasteiger partial charge is 0.255 e. The molecule has 1 rings (SSSR count). The van der Waals surface area contributed by atoms with E-state index >= 15 is 0 Å². The van der Waals surface area contributed by atoms with Crippen LogP contribution in [0.3, 0.4) is 0 Å². The van der Waals surface area contributed by atoms with Crippen LogP contribution in [0.15, 0.2) is 16.7 Å². The van der Waals surface area contributed by atoms with E-state index in [1.54, 1.807) is 12.3 Å². The highest BCUT2D eigenvalue weighted by Gasteiger charge is 2.12. The fourth-order valence-electron chi connectivity index (χ4n) is 1.13. The summed E-state index contributed by atoms with van der Waals surface area (Å²) in [4.78, 5) is 15.7. The number of nitrogens with one attached hydrogen (secondary N) is 2. The summed E-state index contributed by atoms with van der Waals surface area (Å²) in [6.45, 7) is 0.346. The largest absolute Gasteiger partial charge is 0.351 e. The maximum atomic E-state index is 11.8. The van der Waals surface area contributed by atoms with Crippen LogP contribution in [0, 0.1) is 0 Å². The summed E-state index contributed by atoms with van der Waals surface area (Å²) in [6, 6.07) is 1.61. The van der Waals surface area contributed by atoms with Crippen molar-refractivity contribution in [2.75, 3.05) is 24.0 Å². The van der Waals surface area contributed by atoms with Gasteiger partial charge in [-0.1, -0.05) is 0 Å². The molecule has 4 N–H and O–H groups in total. The molecule has 1 aromatic rings. The normalized spacial score (nSPS) is 11.9. The van der Waals surface area contributed by atoms with Gasteiger partial charge in [0.25, 0.3) is 5.91 Å². The first-order valence-electron chi connectivity index (χ1n) is 4.75. The van der Waals surface area contributed by atoms with Crippen LogP contribution in [0.5, 0.6) is 0 Å². The van der Waals surface area contributed by atoms with Crippen molar-refractivity contribution in [3.05, 3.63) is 22.3 Å². The van der Waals surface area contributed by atoms with Gasteiger partial charge in [0.1, 0.15) is 0 Å². The summed E-state index contributed by atoms with van der Waals surface area (Å²) < 4.78 is 11.5. The Morgan fingerprint density at radius 3 is 2.94 bits per heavy atom. The van der Waals surface area contributed by atoms with E-state index in [2.05, 4.69) is 31.7 Å². The van der Waals surface area contributed by atoms with Gasteiger partial charge < -0.3 is 10.7 Å². The zero-order valence-electron chi connectivity index (χ0n) is 9.20. The molecule has 1 unspecified atom stereocenters. The Kier molecular flexibility index (Phi) is 5.52. The van der Waals surface area contributed by atoms with Crippen LogP contribution in [0.4, 0.5) is 5.82 Å². The van der Waals surface area contributed by atoms with Crippen molar-refractivity contribution in [2.45, 2.75) is 0 Å². The number of amides is 1. The van der Waals surface area contributed by atoms with Gasteiger partial charge in [-0.15, -0.1) is 0 Å². The topological polar surface area (TPSA) is 97.1 Å².